The van der Waals surface area contributed by atoms with E-state index in [9.17, 15) is 53.2 Å². The van der Waals surface area contributed by atoms with E-state index in [-0.39, 0.29) is 62.6 Å². The van der Waals surface area contributed by atoms with Crippen molar-refractivity contribution in [2.45, 2.75) is 194 Å². The number of nitrogens with one attached hydrogen (secondary N) is 8. The van der Waals surface area contributed by atoms with Crippen molar-refractivity contribution in [3.05, 3.63) is 141 Å². The maximum Gasteiger partial charge on any atom is 0.459 e. The fourth-order valence-electron chi connectivity index (χ4n) is 13.3. The van der Waals surface area contributed by atoms with E-state index in [0.717, 1.165) is 32.7 Å². The Morgan fingerprint density at radius 1 is 0.479 bits per heavy atom. The Bertz CT molecular complexity index is 5570. The third-order valence-corrected chi connectivity index (χ3v) is 26.0. The summed E-state index contributed by atoms with van der Waals surface area (Å²) in [4.78, 5) is 106. The van der Waals surface area contributed by atoms with Crippen LogP contribution in [0, 0.1) is 0 Å². The van der Waals surface area contributed by atoms with Gasteiger partial charge in [0.2, 0.25) is 17.8 Å². The number of ether oxygens (including phenoxy) is 6. The van der Waals surface area contributed by atoms with Gasteiger partial charge < -0.3 is 73.7 Å². The molecule has 0 aliphatic carbocycles. The maximum atomic E-state index is 15.7. The van der Waals surface area contributed by atoms with Gasteiger partial charge in [-0.1, -0.05) is 54.6 Å². The van der Waals surface area contributed by atoms with Crippen molar-refractivity contribution in [1.29, 1.82) is 0 Å². The summed E-state index contributed by atoms with van der Waals surface area (Å²) in [6, 6.07) is 18.1. The second-order valence-electron chi connectivity index (χ2n) is 28.7. The number of anilines is 3. The van der Waals surface area contributed by atoms with Crippen LogP contribution in [0.2, 0.25) is 0 Å². The molecule has 121 heavy (non-hydrogen) atoms. The summed E-state index contributed by atoms with van der Waals surface area (Å²) >= 11 is 20.6. The van der Waals surface area contributed by atoms with Crippen LogP contribution in [0.3, 0.4) is 0 Å². The van der Waals surface area contributed by atoms with Crippen molar-refractivity contribution in [2.24, 2.45) is 0 Å². The molecule has 12 rings (SSSR count). The normalized spacial score (nSPS) is 26.5. The highest BCUT2D eigenvalue weighted by molar-refractivity contribution is 7.52. The molecule has 0 spiro atoms. The number of H-pyrrole nitrogens is 3. The molecule has 13 N–H and O–H groups in total. The minimum atomic E-state index is -4.96. The summed E-state index contributed by atoms with van der Waals surface area (Å²) in [5.74, 6) is -4.29. The number of nitrogen functional groups attached to an aromatic ring is 1. The maximum absolute atomic E-state index is 15.7. The summed E-state index contributed by atoms with van der Waals surface area (Å²) in [7, 11) is -14.4. The lowest BCUT2D eigenvalue weighted by Gasteiger charge is -2.30. The van der Waals surface area contributed by atoms with Gasteiger partial charge in [0.25, 0.3) is 16.7 Å². The number of carbonyl (C=O) groups is 3. The number of para-hydroxylation sites is 3. The number of aromatic amines is 3. The third-order valence-electron chi connectivity index (χ3n) is 19.1. The number of imidazole rings is 3. The van der Waals surface area contributed by atoms with E-state index in [1.54, 1.807) is 44.2 Å². The first-order valence-corrected chi connectivity index (χ1v) is 42.9. The van der Waals surface area contributed by atoms with E-state index in [1.807, 2.05) is 0 Å². The number of esters is 3. The average molecular weight is 1820 g/mol. The minimum absolute atomic E-state index is 0.0394. The number of alkyl halides is 6. The van der Waals surface area contributed by atoms with Gasteiger partial charge in [0.05, 0.1) is 43.4 Å². The van der Waals surface area contributed by atoms with Crippen molar-refractivity contribution in [1.82, 2.24) is 73.8 Å². The smallest absolute Gasteiger partial charge is 0.459 e. The number of aliphatic hydroxyl groups is 3. The monoisotopic (exact) mass is 1820 g/mol. The van der Waals surface area contributed by atoms with Crippen molar-refractivity contribution in [2.75, 3.05) is 36.4 Å². The number of halogens is 6. The van der Waals surface area contributed by atoms with Gasteiger partial charge in [-0.2, -0.15) is 30.2 Å². The molecule has 9 aromatic rings. The van der Waals surface area contributed by atoms with Crippen LogP contribution in [0.15, 0.2) is 124 Å². The highest BCUT2D eigenvalue weighted by Gasteiger charge is 2.63. The fourth-order valence-corrected chi connectivity index (χ4v) is 19.2. The quantitative estimate of drug-likeness (QED) is 0.00622. The SMILES string of the molecule is CC(C)OC(=O)[C@H](C)NP(=O)(Oc1ccccc1)O[C@@H](C)[C@H]1O[C@@H](n2cnc3c(=O)[nH]c(NC(C)OC(=O)[C@H](C)N[P@@](=O)(Oc4ccccc4)O[C@@H](C)[C@H]4O[C@@H](n5cnc6c(=O)[nH]c(NC(C)OC(=O)[C@H](C)N[P@](=O)(Oc7ccccc7)O[C@@H](C)[C@H]7O[C@@H](n8cnc9c(=O)[nH]c(N)nc98)[C@@](Cl)(CF)C7O)nc65)[C@@](Cl)(CF)C4O)nc32)[C@@](Cl)(CF)C1O. The molecule has 6 aromatic heterocycles. The Kier molecular flexibility index (Phi) is 27.6. The van der Waals surface area contributed by atoms with Crippen LogP contribution in [0.4, 0.5) is 31.0 Å². The first-order chi connectivity index (χ1) is 57.1. The molecule has 0 radical (unpaired) electrons. The lowest BCUT2D eigenvalue weighted by Crippen LogP contribution is -2.46. The second kappa shape index (κ2) is 36.7. The average Bonchev–Trinajstić information content (AvgIpc) is 1.59. The summed E-state index contributed by atoms with van der Waals surface area (Å²) in [6.45, 7) is 8.96. The molecule has 3 fully saturated rings. The Labute approximate surface area is 698 Å². The topological polar surface area (TPSA) is 551 Å². The highest BCUT2D eigenvalue weighted by Crippen LogP contribution is 2.55. The van der Waals surface area contributed by atoms with Gasteiger partial charge in [-0.25, -0.2) is 41.8 Å². The fraction of sp³-hybridized carbons (Fsp3) is 0.486. The van der Waals surface area contributed by atoms with Crippen LogP contribution in [0.25, 0.3) is 33.5 Å². The van der Waals surface area contributed by atoms with E-state index >= 15 is 17.7 Å². The molecule has 0 amide bonds. The Balaban J connectivity index is 0.699. The molecule has 0 saturated carbocycles. The van der Waals surface area contributed by atoms with Gasteiger partial charge in [-0.3, -0.25) is 71.0 Å². The molecule has 23 atom stereocenters. The van der Waals surface area contributed by atoms with E-state index in [4.69, 9.17) is 96.1 Å². The number of aromatic nitrogens is 12. The van der Waals surface area contributed by atoms with Crippen molar-refractivity contribution < 1.29 is 112 Å². The number of nitrogens with zero attached hydrogens (tertiary/aromatic N) is 9. The third kappa shape index (κ3) is 19.4. The van der Waals surface area contributed by atoms with Gasteiger partial charge >= 0.3 is 41.1 Å². The first kappa shape index (κ1) is 91.0. The lowest BCUT2D eigenvalue weighted by molar-refractivity contribution is -0.149. The molecule has 0 bridgehead atoms. The molecule has 6 unspecified atom stereocenters. The summed E-state index contributed by atoms with van der Waals surface area (Å²) in [6.07, 6.45) is -21.0. The van der Waals surface area contributed by atoms with Crippen molar-refractivity contribution in [3.63, 3.8) is 0 Å². The number of rotatable bonds is 37. The predicted molar refractivity (Wildman–Crippen MR) is 425 cm³/mol. The van der Waals surface area contributed by atoms with Gasteiger partial charge in [-0.05, 0) is 106 Å². The molecule has 3 aliphatic rings. The summed E-state index contributed by atoms with van der Waals surface area (Å²) < 4.78 is 164. The number of benzene rings is 3. The molecule has 3 aliphatic heterocycles. The lowest BCUT2D eigenvalue weighted by atomic mass is 9.97. The first-order valence-electron chi connectivity index (χ1n) is 37.1. The van der Waals surface area contributed by atoms with Gasteiger partial charge in [0.1, 0.15) is 107 Å². The molecule has 42 nitrogen and oxygen atoms in total. The standard InChI is InChI=1S/C70H85Cl3F3N18O24P3/c1-32(2)107-59(101)33(3)89-119(104,116-41-20-14-11-15-21-41)113-37(7)48-51(96)69(72,27-75)63(111-48)93-30-79-45-54(93)84-66(87-57(45)99)82-40(10)109-61(103)35(5)91-121(106,118-43-24-18-13-19-25-43)115-38(8)49-52(97)70(73,28-76)64(112-49)94-31-80-46-55(94)85-67(88-58(46)100)81-39(9)108-60(102)34(4)90-120(105,117-42-22-16-12-17-23-42)114-36(6)47-50(95)68(71,26-74)62(110-47)92-29-78-44-53(92)83-65(77)86-56(44)98/h11-25,29-40,47-52,62-64,95-97H,26-28H2,1-10H3,(H,89,104)(H,90,105)(H,91,106)(H3,77,83,86,98)(H2,81,85,88,100)(H2,82,84,87,99)/t33-,34-,35-,36-,37-,38-,39?,40?,47+,48+,49+,50?,51?,52?,62+,63+,64+,68+,69+,70+,119?,120+,121-/m0/s1. The molecule has 9 heterocycles. The highest BCUT2D eigenvalue weighted by atomic mass is 35.5. The molecular weight excluding hydrogens is 1730 g/mol. The van der Waals surface area contributed by atoms with Crippen LogP contribution < -0.4 is 61.9 Å². The second-order valence-corrected chi connectivity index (χ2v) is 35.8. The molecule has 3 saturated heterocycles. The van der Waals surface area contributed by atoms with Crippen molar-refractivity contribution >= 4 is 127 Å². The van der Waals surface area contributed by atoms with Gasteiger partial charge in [0, 0.05) is 0 Å². The number of hydrogen-bond donors (Lipinski definition) is 12. The van der Waals surface area contributed by atoms with Crippen LogP contribution in [-0.4, -0.2) is 218 Å². The summed E-state index contributed by atoms with van der Waals surface area (Å²) in [5.41, 5.74) is 1.43. The Morgan fingerprint density at radius 3 is 1.05 bits per heavy atom. The van der Waals surface area contributed by atoms with E-state index < -0.39 is 209 Å². The molecule has 51 heteroatoms. The van der Waals surface area contributed by atoms with Crippen LogP contribution in [-0.2, 0) is 70.1 Å². The molecule has 3 aromatic carbocycles. The Hall–Kier alpha value is -9.21. The predicted octanol–water partition coefficient (Wildman–Crippen LogP) is 6.85. The number of carbonyl (C=O) groups excluding carboxylic acids is 3. The zero-order valence-corrected chi connectivity index (χ0v) is 70.5. The van der Waals surface area contributed by atoms with E-state index in [0.29, 0.717) is 0 Å². The number of aliphatic hydroxyl groups excluding tert-OH is 3. The van der Waals surface area contributed by atoms with Crippen LogP contribution in [0.5, 0.6) is 17.2 Å². The summed E-state index contributed by atoms with van der Waals surface area (Å²) in [5, 5.41) is 48.2. The van der Waals surface area contributed by atoms with Crippen LogP contribution in [0.1, 0.15) is 87.9 Å². The number of hydrogen-bond acceptors (Lipinski definition) is 33. The van der Waals surface area contributed by atoms with Crippen molar-refractivity contribution in [3.8, 4) is 17.2 Å². The largest absolute Gasteiger partial charge is 0.462 e. The zero-order chi connectivity index (χ0) is 87.8. The Morgan fingerprint density at radius 2 is 0.760 bits per heavy atom. The number of nitrogens with two attached hydrogens (primary N) is 1. The van der Waals surface area contributed by atoms with E-state index in [2.05, 4.69) is 70.8 Å². The molecule has 656 valence electrons. The number of fused-ring (bicyclic) bond motifs is 3. The van der Waals surface area contributed by atoms with E-state index in [1.165, 1.54) is 116 Å². The van der Waals surface area contributed by atoms with Crippen LogP contribution >= 0.6 is 58.0 Å². The molecular formula is C70H85Cl3F3N18O24P3. The van der Waals surface area contributed by atoms with Gasteiger partial charge in [-0.15, -0.1) is 34.8 Å². The minimum Gasteiger partial charge on any atom is -0.462 e. The van der Waals surface area contributed by atoms with Gasteiger partial charge in [0.15, 0.2) is 64.6 Å². The zero-order valence-electron chi connectivity index (χ0n) is 65.5.